The zero-order valence-corrected chi connectivity index (χ0v) is 17.5. The third-order valence-electron chi connectivity index (χ3n) is 4.98. The van der Waals surface area contributed by atoms with Gasteiger partial charge in [-0.15, -0.1) is 0 Å². The van der Waals surface area contributed by atoms with Gasteiger partial charge in [-0.25, -0.2) is 4.98 Å². The van der Waals surface area contributed by atoms with Crippen LogP contribution in [0.25, 0.3) is 11.4 Å². The summed E-state index contributed by atoms with van der Waals surface area (Å²) >= 11 is 3.63. The van der Waals surface area contributed by atoms with Gasteiger partial charge >= 0.3 is 0 Å². The van der Waals surface area contributed by atoms with Gasteiger partial charge in [-0.3, -0.25) is 4.98 Å². The summed E-state index contributed by atoms with van der Waals surface area (Å²) in [5.74, 6) is 1.40. The first-order valence-electron chi connectivity index (χ1n) is 9.77. The number of nitrogens with one attached hydrogen (secondary N) is 2. The van der Waals surface area contributed by atoms with Crippen LogP contribution in [0.5, 0.6) is 0 Å². The number of aryl methyl sites for hydroxylation is 1. The van der Waals surface area contributed by atoms with Crippen LogP contribution in [0.3, 0.4) is 0 Å². The van der Waals surface area contributed by atoms with Crippen LogP contribution in [0, 0.1) is 6.92 Å². The summed E-state index contributed by atoms with van der Waals surface area (Å²) in [6.07, 6.45) is 7.97. The minimum atomic E-state index is 0.437. The molecule has 1 aliphatic rings. The highest BCUT2D eigenvalue weighted by Gasteiger charge is 2.16. The van der Waals surface area contributed by atoms with Gasteiger partial charge in [0.15, 0.2) is 0 Å². The van der Waals surface area contributed by atoms with E-state index in [1.54, 1.807) is 6.20 Å². The van der Waals surface area contributed by atoms with E-state index in [4.69, 9.17) is 9.97 Å². The van der Waals surface area contributed by atoms with Gasteiger partial charge < -0.3 is 10.6 Å². The molecule has 2 heterocycles. The number of anilines is 3. The Labute approximate surface area is 174 Å². The Morgan fingerprint density at radius 3 is 2.57 bits per heavy atom. The molecule has 0 aliphatic heterocycles. The van der Waals surface area contributed by atoms with Gasteiger partial charge in [-0.2, -0.15) is 4.98 Å². The van der Waals surface area contributed by atoms with E-state index in [2.05, 4.69) is 56.7 Å². The van der Waals surface area contributed by atoms with Crippen LogP contribution in [-0.2, 0) is 0 Å². The Bertz CT molecular complexity index is 939. The molecule has 144 valence electrons. The van der Waals surface area contributed by atoms with Crippen molar-refractivity contribution in [2.75, 3.05) is 10.6 Å². The summed E-state index contributed by atoms with van der Waals surface area (Å²) in [7, 11) is 0. The van der Waals surface area contributed by atoms with Crippen molar-refractivity contribution in [2.45, 2.75) is 45.1 Å². The van der Waals surface area contributed by atoms with Gasteiger partial charge in [0.05, 0.1) is 17.1 Å². The van der Waals surface area contributed by atoms with Crippen LogP contribution in [0.15, 0.2) is 53.1 Å². The molecule has 1 fully saturated rings. The molecule has 2 N–H and O–H groups in total. The lowest BCUT2D eigenvalue weighted by Crippen LogP contribution is -2.23. The Balaban J connectivity index is 1.66. The van der Waals surface area contributed by atoms with Gasteiger partial charge in [0.25, 0.3) is 0 Å². The minimum absolute atomic E-state index is 0.437. The highest BCUT2D eigenvalue weighted by Crippen LogP contribution is 2.29. The second kappa shape index (κ2) is 8.69. The molecule has 1 saturated carbocycles. The molecule has 0 atom stereocenters. The molecule has 6 heteroatoms. The fourth-order valence-corrected chi connectivity index (χ4v) is 4.10. The molecule has 0 unspecified atom stereocenters. The third-order valence-corrected chi connectivity index (χ3v) is 5.64. The number of pyridine rings is 1. The molecule has 2 aromatic heterocycles. The minimum Gasteiger partial charge on any atom is -0.351 e. The van der Waals surface area contributed by atoms with Gasteiger partial charge in [0.2, 0.25) is 5.95 Å². The number of halogens is 1. The summed E-state index contributed by atoms with van der Waals surface area (Å²) in [6.45, 7) is 2.07. The quantitative estimate of drug-likeness (QED) is 0.504. The topological polar surface area (TPSA) is 62.7 Å². The summed E-state index contributed by atoms with van der Waals surface area (Å²) in [6, 6.07) is 14.5. The highest BCUT2D eigenvalue weighted by molar-refractivity contribution is 9.10. The van der Waals surface area contributed by atoms with Gasteiger partial charge in [0.1, 0.15) is 5.82 Å². The summed E-state index contributed by atoms with van der Waals surface area (Å²) in [5, 5.41) is 6.96. The van der Waals surface area contributed by atoms with Crippen molar-refractivity contribution in [2.24, 2.45) is 0 Å². The Morgan fingerprint density at radius 2 is 1.82 bits per heavy atom. The van der Waals surface area contributed by atoms with Crippen LogP contribution < -0.4 is 10.6 Å². The maximum absolute atomic E-state index is 4.74. The predicted molar refractivity (Wildman–Crippen MR) is 118 cm³/mol. The lowest BCUT2D eigenvalue weighted by atomic mass is 9.96. The van der Waals surface area contributed by atoms with Gasteiger partial charge in [-0.1, -0.05) is 31.4 Å². The van der Waals surface area contributed by atoms with E-state index in [1.165, 1.54) is 37.7 Å². The van der Waals surface area contributed by atoms with Crippen molar-refractivity contribution in [1.29, 1.82) is 0 Å². The van der Waals surface area contributed by atoms with Crippen molar-refractivity contribution in [3.05, 3.63) is 58.7 Å². The number of nitrogens with zero attached hydrogens (tertiary/aromatic N) is 3. The molecule has 0 saturated heterocycles. The monoisotopic (exact) mass is 437 g/mol. The Morgan fingerprint density at radius 1 is 0.964 bits per heavy atom. The van der Waals surface area contributed by atoms with Gasteiger partial charge in [0, 0.05) is 22.8 Å². The largest absolute Gasteiger partial charge is 0.351 e. The number of aromatic nitrogens is 3. The second-order valence-electron chi connectivity index (χ2n) is 7.26. The maximum Gasteiger partial charge on any atom is 0.225 e. The summed E-state index contributed by atoms with van der Waals surface area (Å²) in [4.78, 5) is 13.9. The molecule has 0 bridgehead atoms. The third kappa shape index (κ3) is 4.68. The zero-order valence-electron chi connectivity index (χ0n) is 16.0. The number of hydrogen-bond donors (Lipinski definition) is 2. The standard InChI is InChI=1S/C22H24BrN5/c1-15-10-11-18(17(23)13-15)26-21-14-20(19-9-5-6-12-24-19)27-22(28-21)25-16-7-3-2-4-8-16/h5-6,9-14,16H,2-4,7-8H2,1H3,(H2,25,26,27,28). The first kappa shape index (κ1) is 18.9. The predicted octanol–water partition coefficient (Wildman–Crippen LogP) is 6.10. The fourth-order valence-electron chi connectivity index (χ4n) is 3.51. The molecule has 1 aliphatic carbocycles. The van der Waals surface area contributed by atoms with Crippen LogP contribution in [-0.4, -0.2) is 21.0 Å². The molecule has 5 nitrogen and oxygen atoms in total. The number of rotatable bonds is 5. The van der Waals surface area contributed by atoms with E-state index in [0.717, 1.165) is 27.4 Å². The molecule has 28 heavy (non-hydrogen) atoms. The van der Waals surface area contributed by atoms with Crippen molar-refractivity contribution in [3.63, 3.8) is 0 Å². The molecular formula is C22H24BrN5. The molecule has 4 rings (SSSR count). The molecule has 3 aromatic rings. The lowest BCUT2D eigenvalue weighted by molar-refractivity contribution is 0.461. The molecule has 1 aromatic carbocycles. The maximum atomic E-state index is 4.74. The summed E-state index contributed by atoms with van der Waals surface area (Å²) in [5.41, 5.74) is 3.82. The zero-order chi connectivity index (χ0) is 19.3. The van der Waals surface area contributed by atoms with Crippen LogP contribution in [0.2, 0.25) is 0 Å². The number of hydrogen-bond acceptors (Lipinski definition) is 5. The van der Waals surface area contributed by atoms with E-state index in [0.29, 0.717) is 12.0 Å². The van der Waals surface area contributed by atoms with Crippen molar-refractivity contribution in [3.8, 4) is 11.4 Å². The molecule has 0 spiro atoms. The first-order chi connectivity index (χ1) is 13.7. The normalized spacial score (nSPS) is 14.6. The van der Waals surface area contributed by atoms with E-state index in [-0.39, 0.29) is 0 Å². The molecule has 0 amide bonds. The van der Waals surface area contributed by atoms with Crippen LogP contribution in [0.1, 0.15) is 37.7 Å². The Hall–Kier alpha value is -2.47. The average molecular weight is 438 g/mol. The van der Waals surface area contributed by atoms with Crippen molar-refractivity contribution < 1.29 is 0 Å². The molecule has 0 radical (unpaired) electrons. The first-order valence-corrected chi connectivity index (χ1v) is 10.6. The SMILES string of the molecule is Cc1ccc(Nc2cc(-c3ccccn3)nc(NC3CCCCC3)n2)c(Br)c1. The number of benzene rings is 1. The van der Waals surface area contributed by atoms with Gasteiger partial charge in [-0.05, 0) is 65.5 Å². The smallest absolute Gasteiger partial charge is 0.225 e. The molecular weight excluding hydrogens is 414 g/mol. The Kier molecular flexibility index (Phi) is 5.86. The highest BCUT2D eigenvalue weighted by atomic mass is 79.9. The van der Waals surface area contributed by atoms with Crippen molar-refractivity contribution in [1.82, 2.24) is 15.0 Å². The summed E-state index contributed by atoms with van der Waals surface area (Å²) < 4.78 is 1.01. The van der Waals surface area contributed by atoms with Crippen LogP contribution >= 0.6 is 15.9 Å². The van der Waals surface area contributed by atoms with Crippen LogP contribution in [0.4, 0.5) is 17.5 Å². The lowest BCUT2D eigenvalue weighted by Gasteiger charge is -2.23. The van der Waals surface area contributed by atoms with E-state index < -0.39 is 0 Å². The van der Waals surface area contributed by atoms with Crippen molar-refractivity contribution >= 4 is 33.4 Å². The van der Waals surface area contributed by atoms with E-state index in [9.17, 15) is 0 Å². The second-order valence-corrected chi connectivity index (χ2v) is 8.12. The van der Waals surface area contributed by atoms with E-state index >= 15 is 0 Å². The average Bonchev–Trinajstić information content (AvgIpc) is 2.71. The van der Waals surface area contributed by atoms with E-state index in [1.807, 2.05) is 24.3 Å². The fraction of sp³-hybridized carbons (Fsp3) is 0.318.